The number of benzene rings is 1. The van der Waals surface area contributed by atoms with Crippen molar-refractivity contribution in [3.05, 3.63) is 29.8 Å². The van der Waals surface area contributed by atoms with E-state index in [1.165, 1.54) is 6.07 Å². The summed E-state index contributed by atoms with van der Waals surface area (Å²) >= 11 is 0. The van der Waals surface area contributed by atoms with Crippen molar-refractivity contribution in [3.8, 4) is 11.4 Å². The number of anilines is 1. The predicted octanol–water partition coefficient (Wildman–Crippen LogP) is 2.16. The zero-order chi connectivity index (χ0) is 12.4. The van der Waals surface area contributed by atoms with Crippen molar-refractivity contribution >= 4 is 5.69 Å². The molecule has 5 heteroatoms. The van der Waals surface area contributed by atoms with E-state index in [4.69, 9.17) is 5.73 Å². The second-order valence-electron chi connectivity index (χ2n) is 3.93. The zero-order valence-electron chi connectivity index (χ0n) is 9.94. The van der Waals surface area contributed by atoms with Crippen molar-refractivity contribution in [1.82, 2.24) is 14.8 Å². The molecule has 1 aromatic carbocycles. The van der Waals surface area contributed by atoms with Crippen LogP contribution in [-0.4, -0.2) is 14.8 Å². The summed E-state index contributed by atoms with van der Waals surface area (Å²) in [6.45, 7) is 2.05. The molecule has 90 valence electrons. The van der Waals surface area contributed by atoms with Gasteiger partial charge < -0.3 is 5.73 Å². The number of aromatic nitrogens is 3. The van der Waals surface area contributed by atoms with E-state index < -0.39 is 0 Å². The number of hydrogen-bond donors (Lipinski definition) is 1. The van der Waals surface area contributed by atoms with Crippen molar-refractivity contribution in [2.75, 3.05) is 5.73 Å². The summed E-state index contributed by atoms with van der Waals surface area (Å²) in [5, 5.41) is 4.24. The molecule has 0 amide bonds. The Morgan fingerprint density at radius 3 is 2.82 bits per heavy atom. The Morgan fingerprint density at radius 1 is 1.41 bits per heavy atom. The third-order valence-corrected chi connectivity index (χ3v) is 2.55. The molecule has 0 bridgehead atoms. The van der Waals surface area contributed by atoms with Gasteiger partial charge in [0.1, 0.15) is 5.82 Å². The van der Waals surface area contributed by atoms with Crippen LogP contribution in [-0.2, 0) is 13.5 Å². The first-order valence-corrected chi connectivity index (χ1v) is 5.57. The highest BCUT2D eigenvalue weighted by molar-refractivity contribution is 5.72. The predicted molar refractivity (Wildman–Crippen MR) is 64.8 cm³/mol. The Balaban J connectivity index is 2.52. The van der Waals surface area contributed by atoms with Crippen molar-refractivity contribution in [2.24, 2.45) is 7.05 Å². The van der Waals surface area contributed by atoms with Gasteiger partial charge in [0.15, 0.2) is 11.6 Å². The number of aryl methyl sites for hydroxylation is 2. The Labute approximate surface area is 99.3 Å². The minimum Gasteiger partial charge on any atom is -0.398 e. The highest BCUT2D eigenvalue weighted by Gasteiger charge is 2.15. The number of rotatable bonds is 3. The van der Waals surface area contributed by atoms with Crippen LogP contribution in [0.25, 0.3) is 11.4 Å². The summed E-state index contributed by atoms with van der Waals surface area (Å²) in [6.07, 6.45) is 1.73. The topological polar surface area (TPSA) is 56.7 Å². The third-order valence-electron chi connectivity index (χ3n) is 2.55. The molecule has 0 unspecified atom stereocenters. The average Bonchev–Trinajstić information content (AvgIpc) is 2.60. The van der Waals surface area contributed by atoms with E-state index in [1.54, 1.807) is 23.9 Å². The molecule has 0 fully saturated rings. The van der Waals surface area contributed by atoms with Crippen molar-refractivity contribution in [1.29, 1.82) is 0 Å². The van der Waals surface area contributed by atoms with Gasteiger partial charge in [0.2, 0.25) is 0 Å². The van der Waals surface area contributed by atoms with E-state index in [-0.39, 0.29) is 5.82 Å². The average molecular weight is 234 g/mol. The van der Waals surface area contributed by atoms with Crippen molar-refractivity contribution in [2.45, 2.75) is 19.8 Å². The van der Waals surface area contributed by atoms with Crippen LogP contribution in [0.1, 0.15) is 19.2 Å². The molecular weight excluding hydrogens is 219 g/mol. The molecule has 2 aromatic rings. The molecule has 0 saturated carbocycles. The second kappa shape index (κ2) is 4.53. The number of halogens is 1. The Bertz CT molecular complexity index is 513. The molecule has 2 N–H and O–H groups in total. The van der Waals surface area contributed by atoms with E-state index in [2.05, 4.69) is 10.1 Å². The molecular formula is C12H15FN4. The minimum absolute atomic E-state index is 0.324. The summed E-state index contributed by atoms with van der Waals surface area (Å²) in [4.78, 5) is 4.32. The Kier molecular flexibility index (Phi) is 3.08. The molecule has 1 aromatic heterocycles. The first kappa shape index (κ1) is 11.6. The number of nitrogens with two attached hydrogens (primary N) is 1. The van der Waals surface area contributed by atoms with E-state index in [0.29, 0.717) is 22.9 Å². The fourth-order valence-corrected chi connectivity index (χ4v) is 1.76. The fourth-order valence-electron chi connectivity index (χ4n) is 1.76. The van der Waals surface area contributed by atoms with Gasteiger partial charge in [-0.25, -0.2) is 14.1 Å². The Morgan fingerprint density at radius 2 is 2.18 bits per heavy atom. The molecule has 4 nitrogen and oxygen atoms in total. The summed E-state index contributed by atoms with van der Waals surface area (Å²) in [5.74, 6) is 0.820. The lowest BCUT2D eigenvalue weighted by molar-refractivity contribution is 0.628. The number of hydrogen-bond acceptors (Lipinski definition) is 3. The van der Waals surface area contributed by atoms with Crippen LogP contribution in [0.5, 0.6) is 0 Å². The first-order chi connectivity index (χ1) is 8.13. The maximum absolute atomic E-state index is 13.8. The van der Waals surface area contributed by atoms with Crippen LogP contribution >= 0.6 is 0 Å². The monoisotopic (exact) mass is 234 g/mol. The summed E-state index contributed by atoms with van der Waals surface area (Å²) in [6, 6.07) is 4.62. The third kappa shape index (κ3) is 2.13. The van der Waals surface area contributed by atoms with E-state index in [9.17, 15) is 4.39 Å². The van der Waals surface area contributed by atoms with E-state index >= 15 is 0 Å². The van der Waals surface area contributed by atoms with Crippen molar-refractivity contribution in [3.63, 3.8) is 0 Å². The van der Waals surface area contributed by atoms with Crippen LogP contribution in [0, 0.1) is 5.82 Å². The molecule has 0 aliphatic carbocycles. The lowest BCUT2D eigenvalue weighted by Gasteiger charge is -2.05. The highest BCUT2D eigenvalue weighted by Crippen LogP contribution is 2.26. The molecule has 0 saturated heterocycles. The lowest BCUT2D eigenvalue weighted by atomic mass is 10.1. The molecule has 2 rings (SSSR count). The molecule has 17 heavy (non-hydrogen) atoms. The molecule has 0 aliphatic rings. The van der Waals surface area contributed by atoms with Gasteiger partial charge in [-0.05, 0) is 18.6 Å². The summed E-state index contributed by atoms with van der Waals surface area (Å²) in [7, 11) is 1.74. The molecule has 0 spiro atoms. The van der Waals surface area contributed by atoms with Crippen LogP contribution < -0.4 is 5.73 Å². The SMILES string of the molecule is CCCc1nc(-c2c(N)cccc2F)n(C)n1. The van der Waals surface area contributed by atoms with Crippen molar-refractivity contribution < 1.29 is 4.39 Å². The van der Waals surface area contributed by atoms with Gasteiger partial charge in [0.25, 0.3) is 0 Å². The second-order valence-corrected chi connectivity index (χ2v) is 3.93. The molecule has 0 atom stereocenters. The van der Waals surface area contributed by atoms with Crippen LogP contribution in [0.15, 0.2) is 18.2 Å². The highest BCUT2D eigenvalue weighted by atomic mass is 19.1. The zero-order valence-corrected chi connectivity index (χ0v) is 9.94. The maximum atomic E-state index is 13.8. The fraction of sp³-hybridized carbons (Fsp3) is 0.333. The maximum Gasteiger partial charge on any atom is 0.163 e. The van der Waals surface area contributed by atoms with Gasteiger partial charge in [-0.1, -0.05) is 13.0 Å². The van der Waals surface area contributed by atoms with Gasteiger partial charge in [-0.2, -0.15) is 5.10 Å². The smallest absolute Gasteiger partial charge is 0.163 e. The largest absolute Gasteiger partial charge is 0.398 e. The van der Waals surface area contributed by atoms with E-state index in [1.807, 2.05) is 6.92 Å². The molecule has 0 aliphatic heterocycles. The summed E-state index contributed by atoms with van der Waals surface area (Å²) in [5.41, 5.74) is 6.49. The van der Waals surface area contributed by atoms with Crippen LogP contribution in [0.4, 0.5) is 10.1 Å². The van der Waals surface area contributed by atoms with Gasteiger partial charge >= 0.3 is 0 Å². The van der Waals surface area contributed by atoms with E-state index in [0.717, 1.165) is 12.8 Å². The molecule has 0 radical (unpaired) electrons. The van der Waals surface area contributed by atoms with Gasteiger partial charge in [0.05, 0.1) is 5.56 Å². The first-order valence-electron chi connectivity index (χ1n) is 5.57. The Hall–Kier alpha value is -1.91. The lowest BCUT2D eigenvalue weighted by Crippen LogP contribution is -2.00. The number of nitrogens with zero attached hydrogens (tertiary/aromatic N) is 3. The standard InChI is InChI=1S/C12H15FN4/c1-3-5-10-15-12(17(2)16-10)11-8(13)6-4-7-9(11)14/h4,6-7H,3,5,14H2,1-2H3. The number of nitrogen functional groups attached to an aromatic ring is 1. The van der Waals surface area contributed by atoms with Crippen LogP contribution in [0.3, 0.4) is 0 Å². The normalized spacial score (nSPS) is 10.8. The van der Waals surface area contributed by atoms with Gasteiger partial charge in [-0.3, -0.25) is 0 Å². The molecule has 1 heterocycles. The summed E-state index contributed by atoms with van der Waals surface area (Å²) < 4.78 is 15.3. The van der Waals surface area contributed by atoms with Gasteiger partial charge in [0, 0.05) is 19.2 Å². The minimum atomic E-state index is -0.372. The van der Waals surface area contributed by atoms with Crippen LogP contribution in [0.2, 0.25) is 0 Å². The quantitative estimate of drug-likeness (QED) is 0.828. The van der Waals surface area contributed by atoms with Gasteiger partial charge in [-0.15, -0.1) is 0 Å².